The topological polar surface area (TPSA) is 28.5 Å². The molecule has 2 unspecified atom stereocenters. The van der Waals surface area contributed by atoms with Gasteiger partial charge in [0, 0.05) is 19.3 Å². The van der Waals surface area contributed by atoms with Gasteiger partial charge in [-0.1, -0.05) is 30.4 Å². The van der Waals surface area contributed by atoms with Gasteiger partial charge in [-0.3, -0.25) is 4.98 Å². The highest BCUT2D eigenvalue weighted by Gasteiger charge is 2.47. The molecule has 0 bridgehead atoms. The number of aliphatic imine (C=N–C) groups is 1. The van der Waals surface area contributed by atoms with Crippen LogP contribution in [0.4, 0.5) is 0 Å². The van der Waals surface area contributed by atoms with Crippen molar-refractivity contribution in [1.82, 2.24) is 9.88 Å². The first-order chi connectivity index (χ1) is 10.3. The molecule has 0 spiro atoms. The van der Waals surface area contributed by atoms with E-state index in [-0.39, 0.29) is 5.41 Å². The molecule has 0 saturated heterocycles. The molecule has 1 aromatic heterocycles. The van der Waals surface area contributed by atoms with E-state index in [1.807, 2.05) is 18.6 Å². The lowest BCUT2D eigenvalue weighted by atomic mass is 9.67. The van der Waals surface area contributed by atoms with Crippen molar-refractivity contribution in [3.63, 3.8) is 0 Å². The summed E-state index contributed by atoms with van der Waals surface area (Å²) in [6.07, 6.45) is 11.7. The normalized spacial score (nSPS) is 28.9. The van der Waals surface area contributed by atoms with Crippen LogP contribution in [0.5, 0.6) is 0 Å². The first-order valence-corrected chi connectivity index (χ1v) is 8.07. The van der Waals surface area contributed by atoms with E-state index < -0.39 is 0 Å². The van der Waals surface area contributed by atoms with Crippen LogP contribution in [0.3, 0.4) is 0 Å². The molecule has 0 amide bonds. The maximum Gasteiger partial charge on any atom is 0.119 e. The molecule has 4 heteroatoms. The number of pyridine rings is 1. The van der Waals surface area contributed by atoms with E-state index >= 15 is 0 Å². The SMILES string of the molecule is CCN1C=NC(=S)C(c2ccccn2)(C2CC=CCC2)C1. The zero-order valence-corrected chi connectivity index (χ0v) is 13.2. The van der Waals surface area contributed by atoms with Gasteiger partial charge in [0.1, 0.15) is 4.99 Å². The molecule has 0 fully saturated rings. The molecule has 0 aromatic carbocycles. The van der Waals surface area contributed by atoms with Crippen molar-refractivity contribution in [3.8, 4) is 0 Å². The molecule has 0 saturated carbocycles. The van der Waals surface area contributed by atoms with Crippen molar-refractivity contribution >= 4 is 23.5 Å². The summed E-state index contributed by atoms with van der Waals surface area (Å²) in [5.74, 6) is 0.483. The van der Waals surface area contributed by atoms with Gasteiger partial charge in [0.15, 0.2) is 0 Å². The molecule has 2 atom stereocenters. The fraction of sp³-hybridized carbons (Fsp3) is 0.471. The van der Waals surface area contributed by atoms with Gasteiger partial charge in [-0.15, -0.1) is 0 Å². The first-order valence-electron chi connectivity index (χ1n) is 7.66. The Kier molecular flexibility index (Phi) is 4.15. The van der Waals surface area contributed by atoms with Crippen molar-refractivity contribution < 1.29 is 0 Å². The molecule has 1 aliphatic heterocycles. The Morgan fingerprint density at radius 1 is 1.38 bits per heavy atom. The molecule has 21 heavy (non-hydrogen) atoms. The number of thiocarbonyl (C=S) groups is 1. The second-order valence-electron chi connectivity index (χ2n) is 5.78. The molecule has 2 heterocycles. The van der Waals surface area contributed by atoms with Crippen molar-refractivity contribution in [3.05, 3.63) is 42.2 Å². The van der Waals surface area contributed by atoms with E-state index in [1.165, 1.54) is 0 Å². The summed E-state index contributed by atoms with van der Waals surface area (Å²) in [5, 5.41) is 0. The van der Waals surface area contributed by atoms with Gasteiger partial charge in [-0.25, -0.2) is 4.99 Å². The third kappa shape index (κ3) is 2.53. The number of aromatic nitrogens is 1. The number of hydrogen-bond donors (Lipinski definition) is 0. The first kappa shape index (κ1) is 14.4. The van der Waals surface area contributed by atoms with Crippen molar-refractivity contribution in [2.75, 3.05) is 13.1 Å². The molecule has 1 aromatic rings. The average Bonchev–Trinajstić information content (AvgIpc) is 2.57. The second kappa shape index (κ2) is 6.06. The molecule has 3 rings (SSSR count). The van der Waals surface area contributed by atoms with Gasteiger partial charge in [0.05, 0.1) is 17.4 Å². The number of nitrogens with zero attached hydrogens (tertiary/aromatic N) is 3. The average molecular weight is 299 g/mol. The monoisotopic (exact) mass is 299 g/mol. The van der Waals surface area contributed by atoms with Crippen LogP contribution in [0.25, 0.3) is 0 Å². The van der Waals surface area contributed by atoms with Crippen molar-refractivity contribution in [2.45, 2.75) is 31.6 Å². The molecule has 2 aliphatic rings. The molecule has 0 radical (unpaired) electrons. The standard InChI is InChI=1S/C17H21N3S/c1-2-20-12-17(16(21)19-13-20,14-8-4-3-5-9-14)15-10-6-7-11-18-15/h3-4,6-7,10-11,13-14H,2,5,8-9,12H2,1H3. The molecule has 0 N–H and O–H groups in total. The zero-order chi connectivity index (χ0) is 14.7. The summed E-state index contributed by atoms with van der Waals surface area (Å²) in [6.45, 7) is 3.99. The highest BCUT2D eigenvalue weighted by molar-refractivity contribution is 7.80. The minimum atomic E-state index is -0.230. The number of allylic oxidation sites excluding steroid dienone is 2. The zero-order valence-electron chi connectivity index (χ0n) is 12.4. The second-order valence-corrected chi connectivity index (χ2v) is 6.17. The van der Waals surface area contributed by atoms with Crippen molar-refractivity contribution in [1.29, 1.82) is 0 Å². The predicted octanol–water partition coefficient (Wildman–Crippen LogP) is 3.37. The molecule has 3 nitrogen and oxygen atoms in total. The van der Waals surface area contributed by atoms with Crippen LogP contribution in [0.15, 0.2) is 41.5 Å². The van der Waals surface area contributed by atoms with E-state index in [1.54, 1.807) is 0 Å². The highest BCUT2D eigenvalue weighted by Crippen LogP contribution is 2.42. The lowest BCUT2D eigenvalue weighted by Gasteiger charge is -2.45. The lowest BCUT2D eigenvalue weighted by Crippen LogP contribution is -2.53. The third-order valence-corrected chi connectivity index (χ3v) is 5.14. The highest BCUT2D eigenvalue weighted by atomic mass is 32.1. The Hall–Kier alpha value is -1.55. The van der Waals surface area contributed by atoms with E-state index in [4.69, 9.17) is 12.2 Å². The van der Waals surface area contributed by atoms with Crippen LogP contribution in [0, 0.1) is 5.92 Å². The van der Waals surface area contributed by atoms with Crippen LogP contribution in [-0.4, -0.2) is 34.3 Å². The van der Waals surface area contributed by atoms with Gasteiger partial charge in [0.25, 0.3) is 0 Å². The minimum Gasteiger partial charge on any atom is -0.361 e. The molecule has 1 aliphatic carbocycles. The summed E-state index contributed by atoms with van der Waals surface area (Å²) in [6, 6.07) is 6.13. The van der Waals surface area contributed by atoms with Crippen LogP contribution < -0.4 is 0 Å². The van der Waals surface area contributed by atoms with Crippen LogP contribution in [0.2, 0.25) is 0 Å². The van der Waals surface area contributed by atoms with E-state index in [9.17, 15) is 0 Å². The fourth-order valence-electron chi connectivity index (χ4n) is 3.44. The number of hydrogen-bond acceptors (Lipinski definition) is 3. The van der Waals surface area contributed by atoms with Crippen molar-refractivity contribution in [2.24, 2.45) is 10.9 Å². The summed E-state index contributed by atoms with van der Waals surface area (Å²) in [7, 11) is 0. The van der Waals surface area contributed by atoms with E-state index in [2.05, 4.69) is 46.1 Å². The minimum absolute atomic E-state index is 0.230. The molecular weight excluding hydrogens is 278 g/mol. The number of rotatable bonds is 3. The van der Waals surface area contributed by atoms with Gasteiger partial charge in [-0.2, -0.15) is 0 Å². The maximum atomic E-state index is 5.71. The summed E-state index contributed by atoms with van der Waals surface area (Å²) in [5.41, 5.74) is 0.845. The van der Waals surface area contributed by atoms with Crippen LogP contribution >= 0.6 is 12.2 Å². The predicted molar refractivity (Wildman–Crippen MR) is 90.7 cm³/mol. The fourth-order valence-corrected chi connectivity index (χ4v) is 3.83. The Labute approximate surface area is 131 Å². The number of likely N-dealkylation sites (N-methyl/N-ethyl adjacent to an activating group) is 1. The quantitative estimate of drug-likeness (QED) is 0.633. The largest absolute Gasteiger partial charge is 0.361 e. The summed E-state index contributed by atoms with van der Waals surface area (Å²) >= 11 is 5.71. The van der Waals surface area contributed by atoms with Gasteiger partial charge < -0.3 is 4.90 Å². The third-order valence-electron chi connectivity index (χ3n) is 4.67. The smallest absolute Gasteiger partial charge is 0.119 e. The van der Waals surface area contributed by atoms with Crippen LogP contribution in [0.1, 0.15) is 31.9 Å². The summed E-state index contributed by atoms with van der Waals surface area (Å²) in [4.78, 5) is 12.3. The van der Waals surface area contributed by atoms with Crippen LogP contribution in [-0.2, 0) is 5.41 Å². The maximum absolute atomic E-state index is 5.71. The lowest BCUT2D eigenvalue weighted by molar-refractivity contribution is 0.254. The van der Waals surface area contributed by atoms with Gasteiger partial charge in [-0.05, 0) is 44.2 Å². The Morgan fingerprint density at radius 3 is 2.95 bits per heavy atom. The van der Waals surface area contributed by atoms with E-state index in [0.717, 1.165) is 43.0 Å². The van der Waals surface area contributed by atoms with Gasteiger partial charge in [0.2, 0.25) is 0 Å². The molecule has 110 valence electrons. The Balaban J connectivity index is 2.08. The Morgan fingerprint density at radius 2 is 2.29 bits per heavy atom. The Bertz CT molecular complexity index is 567. The molecular formula is C17H21N3S. The van der Waals surface area contributed by atoms with E-state index in [0.29, 0.717) is 5.92 Å². The summed E-state index contributed by atoms with van der Waals surface area (Å²) < 4.78 is 0. The van der Waals surface area contributed by atoms with Gasteiger partial charge >= 0.3 is 0 Å².